The number of aliphatic hydroxyl groups is 1. The third-order valence-electron chi connectivity index (χ3n) is 7.51. The van der Waals surface area contributed by atoms with Crippen molar-refractivity contribution in [1.29, 1.82) is 0 Å². The lowest BCUT2D eigenvalue weighted by molar-refractivity contribution is -0.138. The lowest BCUT2D eigenvalue weighted by atomic mass is 9.81. The van der Waals surface area contributed by atoms with Gasteiger partial charge in [-0.05, 0) is 60.2 Å². The first kappa shape index (κ1) is 20.4. The third kappa shape index (κ3) is 3.69. The maximum atomic E-state index is 13.5. The monoisotopic (exact) mass is 420 g/mol. The molecular formula is C26H32N2O3. The number of aliphatic hydroxyl groups excluding tert-OH is 1. The SMILES string of the molecule is COc1cccc(-c2ccc3c(c2)[C@@H]2[C@@H](CCN2C(=O)C2CCCCC2)[C@H](CO)N3)c1. The van der Waals surface area contributed by atoms with Gasteiger partial charge in [-0.2, -0.15) is 0 Å². The molecular weight excluding hydrogens is 388 g/mol. The van der Waals surface area contributed by atoms with Crippen molar-refractivity contribution in [2.75, 3.05) is 25.6 Å². The Morgan fingerprint density at radius 2 is 1.90 bits per heavy atom. The average molecular weight is 421 g/mol. The summed E-state index contributed by atoms with van der Waals surface area (Å²) in [4.78, 5) is 15.7. The Morgan fingerprint density at radius 3 is 2.68 bits per heavy atom. The van der Waals surface area contributed by atoms with Gasteiger partial charge >= 0.3 is 0 Å². The molecule has 1 saturated carbocycles. The summed E-state index contributed by atoms with van der Waals surface area (Å²) in [6, 6.07) is 14.6. The Hall–Kier alpha value is -2.53. The number of amides is 1. The first-order valence-electron chi connectivity index (χ1n) is 11.7. The lowest BCUT2D eigenvalue weighted by Gasteiger charge is -2.40. The van der Waals surface area contributed by atoms with Gasteiger partial charge < -0.3 is 20.1 Å². The number of likely N-dealkylation sites (tertiary alicyclic amines) is 1. The fourth-order valence-electron chi connectivity index (χ4n) is 5.88. The standard InChI is InChI=1S/C26H32N2O3/c1-31-20-9-5-8-18(14-20)19-10-11-23-22(15-19)25-21(24(16-29)27-23)12-13-28(25)26(30)17-6-3-2-4-7-17/h5,8-11,14-15,17,21,24-25,27,29H,2-4,6-7,12-13,16H2,1H3/t21-,24-,25-/m0/s1. The molecule has 2 aromatic carbocycles. The Balaban J connectivity index is 1.52. The maximum absolute atomic E-state index is 13.5. The number of nitrogens with zero attached hydrogens (tertiary/aromatic N) is 1. The van der Waals surface area contributed by atoms with Gasteiger partial charge in [0.15, 0.2) is 0 Å². The number of benzene rings is 2. The number of carbonyl (C=O) groups excluding carboxylic acids is 1. The second kappa shape index (κ2) is 8.54. The minimum atomic E-state index is -0.00988. The van der Waals surface area contributed by atoms with Crippen molar-refractivity contribution < 1.29 is 14.6 Å². The van der Waals surface area contributed by atoms with E-state index in [-0.39, 0.29) is 30.5 Å². The van der Waals surface area contributed by atoms with E-state index in [1.165, 1.54) is 12.0 Å². The molecule has 0 bridgehead atoms. The van der Waals surface area contributed by atoms with E-state index >= 15 is 0 Å². The first-order chi connectivity index (χ1) is 15.2. The highest BCUT2D eigenvalue weighted by Gasteiger charge is 2.46. The van der Waals surface area contributed by atoms with Gasteiger partial charge in [0.1, 0.15) is 5.75 Å². The number of rotatable bonds is 4. The van der Waals surface area contributed by atoms with Crippen LogP contribution >= 0.6 is 0 Å². The molecule has 5 nitrogen and oxygen atoms in total. The zero-order chi connectivity index (χ0) is 21.4. The van der Waals surface area contributed by atoms with Gasteiger partial charge in [-0.1, -0.05) is 37.5 Å². The zero-order valence-corrected chi connectivity index (χ0v) is 18.2. The highest BCUT2D eigenvalue weighted by Crippen LogP contribution is 2.48. The number of hydrogen-bond acceptors (Lipinski definition) is 4. The van der Waals surface area contributed by atoms with E-state index in [9.17, 15) is 9.90 Å². The van der Waals surface area contributed by atoms with Crippen LogP contribution in [-0.4, -0.2) is 42.2 Å². The van der Waals surface area contributed by atoms with Crippen molar-refractivity contribution in [2.24, 2.45) is 11.8 Å². The lowest BCUT2D eigenvalue weighted by Crippen LogP contribution is -2.44. The molecule has 0 spiro atoms. The van der Waals surface area contributed by atoms with Crippen molar-refractivity contribution in [3.63, 3.8) is 0 Å². The van der Waals surface area contributed by atoms with Crippen molar-refractivity contribution in [3.05, 3.63) is 48.0 Å². The molecule has 0 aromatic heterocycles. The van der Waals surface area contributed by atoms with Gasteiger partial charge in [0.05, 0.1) is 25.8 Å². The second-order valence-electron chi connectivity index (χ2n) is 9.23. The first-order valence-corrected chi connectivity index (χ1v) is 11.7. The van der Waals surface area contributed by atoms with Gasteiger partial charge in [-0.25, -0.2) is 0 Å². The van der Waals surface area contributed by atoms with Crippen LogP contribution in [0.1, 0.15) is 50.1 Å². The molecule has 164 valence electrons. The number of fused-ring (bicyclic) bond motifs is 3. The molecule has 2 fully saturated rings. The summed E-state index contributed by atoms with van der Waals surface area (Å²) in [5, 5.41) is 13.6. The smallest absolute Gasteiger partial charge is 0.226 e. The van der Waals surface area contributed by atoms with Gasteiger partial charge in [-0.15, -0.1) is 0 Å². The quantitative estimate of drug-likeness (QED) is 0.758. The molecule has 1 amide bonds. The Morgan fingerprint density at radius 1 is 1.10 bits per heavy atom. The van der Waals surface area contributed by atoms with E-state index < -0.39 is 0 Å². The molecule has 2 N–H and O–H groups in total. The van der Waals surface area contributed by atoms with E-state index in [0.29, 0.717) is 5.91 Å². The largest absolute Gasteiger partial charge is 0.497 e. The molecule has 3 aliphatic rings. The summed E-state index contributed by atoms with van der Waals surface area (Å²) < 4.78 is 5.41. The van der Waals surface area contributed by atoms with Crippen LogP contribution in [-0.2, 0) is 4.79 Å². The van der Waals surface area contributed by atoms with E-state index in [4.69, 9.17) is 4.74 Å². The van der Waals surface area contributed by atoms with Gasteiger partial charge in [0.25, 0.3) is 0 Å². The Labute approximate surface area is 184 Å². The minimum absolute atomic E-state index is 0.00988. The number of hydrogen-bond donors (Lipinski definition) is 2. The van der Waals surface area contributed by atoms with Crippen LogP contribution in [0.5, 0.6) is 5.75 Å². The molecule has 2 heterocycles. The van der Waals surface area contributed by atoms with Crippen molar-refractivity contribution in [3.8, 4) is 16.9 Å². The molecule has 2 aromatic rings. The topological polar surface area (TPSA) is 61.8 Å². The number of carbonyl (C=O) groups is 1. The van der Waals surface area contributed by atoms with Gasteiger partial charge in [0, 0.05) is 24.1 Å². The van der Waals surface area contributed by atoms with E-state index in [2.05, 4.69) is 34.5 Å². The minimum Gasteiger partial charge on any atom is -0.497 e. The Bertz CT molecular complexity index is 953. The molecule has 1 saturated heterocycles. The number of ether oxygens (including phenoxy) is 1. The molecule has 31 heavy (non-hydrogen) atoms. The van der Waals surface area contributed by atoms with Crippen LogP contribution < -0.4 is 10.1 Å². The molecule has 2 aliphatic heterocycles. The molecule has 5 rings (SSSR count). The van der Waals surface area contributed by atoms with Crippen LogP contribution in [0.3, 0.4) is 0 Å². The maximum Gasteiger partial charge on any atom is 0.226 e. The van der Waals surface area contributed by atoms with Crippen molar-refractivity contribution in [1.82, 2.24) is 4.90 Å². The van der Waals surface area contributed by atoms with Crippen molar-refractivity contribution >= 4 is 11.6 Å². The predicted molar refractivity (Wildman–Crippen MR) is 122 cm³/mol. The van der Waals surface area contributed by atoms with Crippen LogP contribution in [0, 0.1) is 11.8 Å². The predicted octanol–water partition coefficient (Wildman–Crippen LogP) is 4.62. The fourth-order valence-corrected chi connectivity index (χ4v) is 5.88. The van der Waals surface area contributed by atoms with Crippen LogP contribution in [0.25, 0.3) is 11.1 Å². The van der Waals surface area contributed by atoms with E-state index in [0.717, 1.165) is 61.2 Å². The molecule has 1 aliphatic carbocycles. The van der Waals surface area contributed by atoms with Gasteiger partial charge in [-0.3, -0.25) is 4.79 Å². The van der Waals surface area contributed by atoms with E-state index in [1.54, 1.807) is 7.11 Å². The number of anilines is 1. The highest BCUT2D eigenvalue weighted by molar-refractivity contribution is 5.81. The highest BCUT2D eigenvalue weighted by atomic mass is 16.5. The average Bonchev–Trinajstić information content (AvgIpc) is 3.29. The van der Waals surface area contributed by atoms with Crippen LogP contribution in [0.2, 0.25) is 0 Å². The third-order valence-corrected chi connectivity index (χ3v) is 7.51. The summed E-state index contributed by atoms with van der Waals surface area (Å²) >= 11 is 0. The molecule has 0 radical (unpaired) electrons. The summed E-state index contributed by atoms with van der Waals surface area (Å²) in [6.45, 7) is 0.870. The Kier molecular flexibility index (Phi) is 5.61. The number of nitrogens with one attached hydrogen (secondary N) is 1. The number of methoxy groups -OCH3 is 1. The summed E-state index contributed by atoms with van der Waals surface area (Å²) in [6.07, 6.45) is 6.55. The van der Waals surface area contributed by atoms with Crippen molar-refractivity contribution in [2.45, 2.75) is 50.6 Å². The van der Waals surface area contributed by atoms with Crippen LogP contribution in [0.4, 0.5) is 5.69 Å². The van der Waals surface area contributed by atoms with Crippen LogP contribution in [0.15, 0.2) is 42.5 Å². The molecule has 5 heteroatoms. The fraction of sp³-hybridized carbons (Fsp3) is 0.500. The molecule has 0 unspecified atom stereocenters. The summed E-state index contributed by atoms with van der Waals surface area (Å²) in [5.74, 6) is 1.57. The second-order valence-corrected chi connectivity index (χ2v) is 9.23. The molecule has 3 atom stereocenters. The zero-order valence-electron chi connectivity index (χ0n) is 18.2. The van der Waals surface area contributed by atoms with Gasteiger partial charge in [0.2, 0.25) is 5.91 Å². The summed E-state index contributed by atoms with van der Waals surface area (Å²) in [5.41, 5.74) is 4.44. The summed E-state index contributed by atoms with van der Waals surface area (Å²) in [7, 11) is 1.68. The normalized spacial score (nSPS) is 25.5. The van der Waals surface area contributed by atoms with E-state index in [1.807, 2.05) is 18.2 Å².